The fourth-order valence-corrected chi connectivity index (χ4v) is 2.47. The van der Waals surface area contributed by atoms with Crippen molar-refractivity contribution in [2.75, 3.05) is 12.3 Å². The molecule has 0 unspecified atom stereocenters. The summed E-state index contributed by atoms with van der Waals surface area (Å²) in [5.74, 6) is 0.166. The quantitative estimate of drug-likeness (QED) is 0.767. The standard InChI is InChI=1S/C11H14FN5O2/c1-5-2-6(3-18)19-10(5)17-4-14-7-8(13)15-11(12)16-9(7)17/h4-6,10,18H,2-3H2,1H3,(H2,13,15,16)/t5-,6+,10-/m1/s1. The molecule has 3 rings (SSSR count). The number of hydrogen-bond donors (Lipinski definition) is 2. The maximum absolute atomic E-state index is 13.3. The first kappa shape index (κ1) is 12.2. The maximum Gasteiger partial charge on any atom is 0.312 e. The van der Waals surface area contributed by atoms with E-state index in [0.717, 1.165) is 6.42 Å². The Hall–Kier alpha value is -1.80. The van der Waals surface area contributed by atoms with Crippen LogP contribution < -0.4 is 5.73 Å². The van der Waals surface area contributed by atoms with Crippen molar-refractivity contribution in [3.05, 3.63) is 12.4 Å². The molecule has 0 aromatic carbocycles. The van der Waals surface area contributed by atoms with Gasteiger partial charge in [-0.1, -0.05) is 6.92 Å². The summed E-state index contributed by atoms with van der Waals surface area (Å²) in [6, 6.07) is 0. The number of fused-ring (bicyclic) bond motifs is 1. The van der Waals surface area contributed by atoms with Crippen LogP contribution in [0.3, 0.4) is 0 Å². The van der Waals surface area contributed by atoms with E-state index >= 15 is 0 Å². The molecule has 0 bridgehead atoms. The predicted octanol–water partition coefficient (Wildman–Crippen LogP) is 0.463. The minimum absolute atomic E-state index is 0.00519. The van der Waals surface area contributed by atoms with Crippen molar-refractivity contribution < 1.29 is 14.2 Å². The van der Waals surface area contributed by atoms with E-state index in [1.807, 2.05) is 6.92 Å². The lowest BCUT2D eigenvalue weighted by Gasteiger charge is -2.17. The average molecular weight is 267 g/mol. The number of nitrogens with two attached hydrogens (primary N) is 1. The normalized spacial score (nSPS) is 27.2. The molecule has 19 heavy (non-hydrogen) atoms. The summed E-state index contributed by atoms with van der Waals surface area (Å²) in [5, 5.41) is 9.15. The van der Waals surface area contributed by atoms with Gasteiger partial charge >= 0.3 is 6.08 Å². The average Bonchev–Trinajstić information content (AvgIpc) is 2.92. The Morgan fingerprint density at radius 1 is 1.58 bits per heavy atom. The van der Waals surface area contributed by atoms with Crippen LogP contribution in [-0.2, 0) is 4.74 Å². The first-order valence-corrected chi connectivity index (χ1v) is 6.02. The van der Waals surface area contributed by atoms with Crippen molar-refractivity contribution in [1.29, 1.82) is 0 Å². The van der Waals surface area contributed by atoms with Crippen molar-refractivity contribution in [3.8, 4) is 0 Å². The Morgan fingerprint density at radius 3 is 3.05 bits per heavy atom. The number of halogens is 1. The monoisotopic (exact) mass is 267 g/mol. The molecule has 1 saturated heterocycles. The molecule has 3 N–H and O–H groups in total. The van der Waals surface area contributed by atoms with Crippen LogP contribution in [-0.4, -0.2) is 37.3 Å². The number of rotatable bonds is 2. The summed E-state index contributed by atoms with van der Waals surface area (Å²) in [6.07, 6.45) is 0.786. The Bertz CT molecular complexity index is 616. The van der Waals surface area contributed by atoms with E-state index < -0.39 is 6.08 Å². The Balaban J connectivity index is 2.06. The maximum atomic E-state index is 13.3. The lowest BCUT2D eigenvalue weighted by Crippen LogP contribution is -2.15. The predicted molar refractivity (Wildman–Crippen MR) is 64.5 cm³/mol. The Kier molecular flexibility index (Phi) is 2.83. The summed E-state index contributed by atoms with van der Waals surface area (Å²) in [5.41, 5.74) is 6.27. The molecule has 7 nitrogen and oxygen atoms in total. The van der Waals surface area contributed by atoms with Crippen molar-refractivity contribution in [1.82, 2.24) is 19.5 Å². The highest BCUT2D eigenvalue weighted by molar-refractivity contribution is 5.81. The zero-order valence-corrected chi connectivity index (χ0v) is 10.3. The molecule has 0 aliphatic carbocycles. The zero-order chi connectivity index (χ0) is 13.6. The SMILES string of the molecule is C[C@@H]1C[C@@H](CO)O[C@H]1n1cnc2c(N)nc(F)nc21. The third kappa shape index (κ3) is 1.92. The van der Waals surface area contributed by atoms with Gasteiger partial charge in [-0.05, 0) is 6.42 Å². The van der Waals surface area contributed by atoms with Crippen LogP contribution in [0.4, 0.5) is 10.2 Å². The second-order valence-electron chi connectivity index (χ2n) is 4.75. The number of aliphatic hydroxyl groups excluding tert-OH is 1. The largest absolute Gasteiger partial charge is 0.394 e. The van der Waals surface area contributed by atoms with E-state index in [-0.39, 0.29) is 30.7 Å². The minimum atomic E-state index is -0.892. The molecule has 0 amide bonds. The van der Waals surface area contributed by atoms with Crippen molar-refractivity contribution in [2.24, 2.45) is 5.92 Å². The van der Waals surface area contributed by atoms with Crippen LogP contribution in [0.25, 0.3) is 11.2 Å². The number of aromatic nitrogens is 4. The number of aliphatic hydroxyl groups is 1. The molecule has 8 heteroatoms. The summed E-state index contributed by atoms with van der Waals surface area (Å²) in [7, 11) is 0. The van der Waals surface area contributed by atoms with Crippen LogP contribution in [0.1, 0.15) is 19.6 Å². The molecule has 0 spiro atoms. The van der Waals surface area contributed by atoms with Crippen LogP contribution >= 0.6 is 0 Å². The fraction of sp³-hybridized carbons (Fsp3) is 0.545. The molecule has 0 radical (unpaired) electrons. The molecule has 2 aromatic rings. The molecule has 2 aromatic heterocycles. The summed E-state index contributed by atoms with van der Waals surface area (Å²) in [4.78, 5) is 11.3. The van der Waals surface area contributed by atoms with Gasteiger partial charge in [-0.25, -0.2) is 4.98 Å². The van der Waals surface area contributed by atoms with Gasteiger partial charge in [0.2, 0.25) is 0 Å². The van der Waals surface area contributed by atoms with E-state index in [4.69, 9.17) is 15.6 Å². The summed E-state index contributed by atoms with van der Waals surface area (Å²) in [6.45, 7) is 1.95. The summed E-state index contributed by atoms with van der Waals surface area (Å²) < 4.78 is 20.6. The van der Waals surface area contributed by atoms with E-state index in [0.29, 0.717) is 11.2 Å². The number of nitrogens with zero attached hydrogens (tertiary/aromatic N) is 4. The van der Waals surface area contributed by atoms with Gasteiger partial charge < -0.3 is 15.6 Å². The third-order valence-corrected chi connectivity index (χ3v) is 3.35. The molecule has 1 aliphatic rings. The second kappa shape index (κ2) is 4.39. The van der Waals surface area contributed by atoms with Crippen LogP contribution in [0.2, 0.25) is 0 Å². The number of anilines is 1. The number of hydrogen-bond acceptors (Lipinski definition) is 6. The lowest BCUT2D eigenvalue weighted by molar-refractivity contribution is -0.0294. The molecule has 0 saturated carbocycles. The fourth-order valence-electron chi connectivity index (χ4n) is 2.47. The molecule has 1 aliphatic heterocycles. The molecular formula is C11H14FN5O2. The van der Waals surface area contributed by atoms with Crippen LogP contribution in [0.5, 0.6) is 0 Å². The van der Waals surface area contributed by atoms with Gasteiger partial charge in [-0.3, -0.25) is 4.57 Å². The van der Waals surface area contributed by atoms with E-state index in [2.05, 4.69) is 15.0 Å². The highest BCUT2D eigenvalue weighted by atomic mass is 19.1. The minimum Gasteiger partial charge on any atom is -0.394 e. The molecule has 102 valence electrons. The van der Waals surface area contributed by atoms with Crippen LogP contribution in [0, 0.1) is 12.0 Å². The Labute approximate surface area is 108 Å². The smallest absolute Gasteiger partial charge is 0.312 e. The van der Waals surface area contributed by atoms with Gasteiger partial charge in [-0.15, -0.1) is 0 Å². The second-order valence-corrected chi connectivity index (χ2v) is 4.75. The van der Waals surface area contributed by atoms with E-state index in [1.165, 1.54) is 6.33 Å². The lowest BCUT2D eigenvalue weighted by atomic mass is 10.1. The first-order chi connectivity index (χ1) is 9.10. The van der Waals surface area contributed by atoms with Gasteiger partial charge in [0.15, 0.2) is 17.0 Å². The van der Waals surface area contributed by atoms with Gasteiger partial charge in [0, 0.05) is 5.92 Å². The zero-order valence-electron chi connectivity index (χ0n) is 10.3. The van der Waals surface area contributed by atoms with Gasteiger partial charge in [0.1, 0.15) is 6.23 Å². The molecular weight excluding hydrogens is 253 g/mol. The van der Waals surface area contributed by atoms with Gasteiger partial charge in [-0.2, -0.15) is 14.4 Å². The molecule has 3 heterocycles. The van der Waals surface area contributed by atoms with E-state index in [1.54, 1.807) is 4.57 Å². The van der Waals surface area contributed by atoms with Crippen LogP contribution in [0.15, 0.2) is 6.33 Å². The highest BCUT2D eigenvalue weighted by Crippen LogP contribution is 2.35. The number of ether oxygens (including phenoxy) is 1. The topological polar surface area (TPSA) is 99.1 Å². The van der Waals surface area contributed by atoms with Crippen molar-refractivity contribution in [3.63, 3.8) is 0 Å². The first-order valence-electron chi connectivity index (χ1n) is 6.02. The Morgan fingerprint density at radius 2 is 2.37 bits per heavy atom. The molecule has 3 atom stereocenters. The van der Waals surface area contributed by atoms with E-state index in [9.17, 15) is 4.39 Å². The molecule has 1 fully saturated rings. The van der Waals surface area contributed by atoms with Gasteiger partial charge in [0.25, 0.3) is 0 Å². The van der Waals surface area contributed by atoms with Gasteiger partial charge in [0.05, 0.1) is 19.0 Å². The highest BCUT2D eigenvalue weighted by Gasteiger charge is 2.34. The van der Waals surface area contributed by atoms with Crippen molar-refractivity contribution in [2.45, 2.75) is 25.7 Å². The summed E-state index contributed by atoms with van der Waals surface area (Å²) >= 11 is 0. The van der Waals surface area contributed by atoms with Crippen molar-refractivity contribution >= 4 is 17.0 Å². The number of imidazole rings is 1. The number of nitrogen functional groups attached to an aromatic ring is 1. The third-order valence-electron chi connectivity index (χ3n) is 3.35.